The summed E-state index contributed by atoms with van der Waals surface area (Å²) in [4.78, 5) is 14.9. The highest BCUT2D eigenvalue weighted by Gasteiger charge is 2.22. The van der Waals surface area contributed by atoms with Gasteiger partial charge in [-0.2, -0.15) is 0 Å². The second kappa shape index (κ2) is 9.29. The van der Waals surface area contributed by atoms with E-state index >= 15 is 0 Å². The van der Waals surface area contributed by atoms with Crippen molar-refractivity contribution in [3.05, 3.63) is 35.4 Å². The second-order valence-electron chi connectivity index (χ2n) is 6.87. The molecule has 0 spiro atoms. The van der Waals surface area contributed by atoms with Gasteiger partial charge in [0.25, 0.3) is 0 Å². The number of rotatable bonds is 6. The molecule has 1 aromatic carbocycles. The lowest BCUT2D eigenvalue weighted by molar-refractivity contribution is -0.123. The maximum absolute atomic E-state index is 12.6. The van der Waals surface area contributed by atoms with Crippen LogP contribution in [0.3, 0.4) is 0 Å². The van der Waals surface area contributed by atoms with Gasteiger partial charge in [0.1, 0.15) is 0 Å². The molecule has 2 aliphatic rings. The van der Waals surface area contributed by atoms with Crippen LogP contribution in [0.5, 0.6) is 0 Å². The van der Waals surface area contributed by atoms with Crippen LogP contribution in [-0.4, -0.2) is 69.5 Å². The zero-order valence-corrected chi connectivity index (χ0v) is 15.0. The monoisotopic (exact) mass is 347 g/mol. The van der Waals surface area contributed by atoms with E-state index in [-0.39, 0.29) is 18.0 Å². The van der Waals surface area contributed by atoms with Crippen LogP contribution in [0.4, 0.5) is 0 Å². The summed E-state index contributed by atoms with van der Waals surface area (Å²) in [7, 11) is 0. The zero-order chi connectivity index (χ0) is 17.5. The summed E-state index contributed by atoms with van der Waals surface area (Å²) in [6, 6.07) is 8.53. The molecule has 2 saturated heterocycles. The SMILES string of the molecule is Cc1ccc(C(CN2CCOCC2)NC(=O)CC2COCCN2)cc1. The molecule has 0 bridgehead atoms. The van der Waals surface area contributed by atoms with E-state index in [0.29, 0.717) is 13.0 Å². The normalized spacial score (nSPS) is 23.2. The predicted molar refractivity (Wildman–Crippen MR) is 96.5 cm³/mol. The second-order valence-corrected chi connectivity index (χ2v) is 6.87. The van der Waals surface area contributed by atoms with Crippen LogP contribution in [0.25, 0.3) is 0 Å². The van der Waals surface area contributed by atoms with E-state index in [9.17, 15) is 4.79 Å². The molecule has 0 saturated carbocycles. The molecule has 6 nitrogen and oxygen atoms in total. The molecule has 0 aromatic heterocycles. The average molecular weight is 347 g/mol. The van der Waals surface area contributed by atoms with Gasteiger partial charge in [-0.1, -0.05) is 29.8 Å². The standard InChI is InChI=1S/C19H29N3O3/c1-15-2-4-16(5-3-15)18(13-22-7-10-24-11-8-22)21-19(23)12-17-14-25-9-6-20-17/h2-5,17-18,20H,6-14H2,1H3,(H,21,23). The molecule has 2 aliphatic heterocycles. The van der Waals surface area contributed by atoms with Gasteiger partial charge in [0.2, 0.25) is 5.91 Å². The van der Waals surface area contributed by atoms with Crippen LogP contribution in [-0.2, 0) is 14.3 Å². The molecule has 2 N–H and O–H groups in total. The molecule has 6 heteroatoms. The number of nitrogens with one attached hydrogen (secondary N) is 2. The molecule has 2 atom stereocenters. The molecule has 2 unspecified atom stereocenters. The van der Waals surface area contributed by atoms with Gasteiger partial charge in [0.05, 0.1) is 32.5 Å². The van der Waals surface area contributed by atoms with Gasteiger partial charge in [-0.15, -0.1) is 0 Å². The molecule has 1 amide bonds. The Labute approximate surface area is 149 Å². The molecule has 138 valence electrons. The van der Waals surface area contributed by atoms with Crippen molar-refractivity contribution >= 4 is 5.91 Å². The first kappa shape index (κ1) is 18.3. The van der Waals surface area contributed by atoms with E-state index in [1.165, 1.54) is 5.56 Å². The molecule has 1 aromatic rings. The fraction of sp³-hybridized carbons (Fsp3) is 0.632. The molecule has 2 fully saturated rings. The Bertz CT molecular complexity index is 537. The van der Waals surface area contributed by atoms with Crippen molar-refractivity contribution in [1.82, 2.24) is 15.5 Å². The topological polar surface area (TPSA) is 62.8 Å². The Morgan fingerprint density at radius 3 is 2.68 bits per heavy atom. The van der Waals surface area contributed by atoms with Gasteiger partial charge in [0, 0.05) is 38.6 Å². The molecular formula is C19H29N3O3. The first-order chi connectivity index (χ1) is 12.2. The van der Waals surface area contributed by atoms with E-state index in [0.717, 1.165) is 51.6 Å². The highest BCUT2D eigenvalue weighted by atomic mass is 16.5. The maximum Gasteiger partial charge on any atom is 0.222 e. The van der Waals surface area contributed by atoms with Crippen LogP contribution < -0.4 is 10.6 Å². The summed E-state index contributed by atoms with van der Waals surface area (Å²) in [5.41, 5.74) is 2.38. The number of nitrogens with zero attached hydrogens (tertiary/aromatic N) is 1. The Morgan fingerprint density at radius 1 is 1.24 bits per heavy atom. The molecular weight excluding hydrogens is 318 g/mol. The number of ether oxygens (including phenoxy) is 2. The van der Waals surface area contributed by atoms with E-state index in [1.54, 1.807) is 0 Å². The minimum atomic E-state index is -0.00397. The fourth-order valence-electron chi connectivity index (χ4n) is 3.30. The first-order valence-electron chi connectivity index (χ1n) is 9.18. The molecule has 0 aliphatic carbocycles. The largest absolute Gasteiger partial charge is 0.379 e. The smallest absolute Gasteiger partial charge is 0.222 e. The zero-order valence-electron chi connectivity index (χ0n) is 15.0. The number of morpholine rings is 2. The van der Waals surface area contributed by atoms with Crippen LogP contribution >= 0.6 is 0 Å². The van der Waals surface area contributed by atoms with Crippen molar-refractivity contribution in [2.45, 2.75) is 25.4 Å². The Hall–Kier alpha value is -1.47. The van der Waals surface area contributed by atoms with Gasteiger partial charge >= 0.3 is 0 Å². The highest BCUT2D eigenvalue weighted by molar-refractivity contribution is 5.77. The van der Waals surface area contributed by atoms with Crippen molar-refractivity contribution in [2.75, 3.05) is 52.6 Å². The van der Waals surface area contributed by atoms with E-state index < -0.39 is 0 Å². The minimum Gasteiger partial charge on any atom is -0.379 e. The summed E-state index contributed by atoms with van der Waals surface area (Å²) < 4.78 is 10.9. The van der Waals surface area contributed by atoms with Gasteiger partial charge in [-0.25, -0.2) is 0 Å². The Morgan fingerprint density at radius 2 is 2.00 bits per heavy atom. The van der Waals surface area contributed by atoms with Crippen LogP contribution in [0.1, 0.15) is 23.6 Å². The van der Waals surface area contributed by atoms with Crippen molar-refractivity contribution in [3.8, 4) is 0 Å². The molecule has 2 heterocycles. The number of aryl methyl sites for hydroxylation is 1. The summed E-state index contributed by atoms with van der Waals surface area (Å²) in [6.45, 7) is 8.38. The first-order valence-corrected chi connectivity index (χ1v) is 9.18. The van der Waals surface area contributed by atoms with Crippen LogP contribution in [0, 0.1) is 6.92 Å². The number of benzene rings is 1. The van der Waals surface area contributed by atoms with Crippen molar-refractivity contribution in [3.63, 3.8) is 0 Å². The number of carbonyl (C=O) groups excluding carboxylic acids is 1. The molecule has 25 heavy (non-hydrogen) atoms. The lowest BCUT2D eigenvalue weighted by Crippen LogP contribution is -2.46. The van der Waals surface area contributed by atoms with Gasteiger partial charge < -0.3 is 20.1 Å². The summed E-state index contributed by atoms with van der Waals surface area (Å²) in [5.74, 6) is 0.0711. The quantitative estimate of drug-likeness (QED) is 0.799. The van der Waals surface area contributed by atoms with E-state index in [2.05, 4.69) is 46.7 Å². The average Bonchev–Trinajstić information content (AvgIpc) is 2.63. The molecule has 0 radical (unpaired) electrons. The van der Waals surface area contributed by atoms with E-state index in [1.807, 2.05) is 0 Å². The number of hydrogen-bond acceptors (Lipinski definition) is 5. The van der Waals surface area contributed by atoms with Gasteiger partial charge in [-0.3, -0.25) is 9.69 Å². The highest BCUT2D eigenvalue weighted by Crippen LogP contribution is 2.17. The third-order valence-corrected chi connectivity index (χ3v) is 4.79. The third-order valence-electron chi connectivity index (χ3n) is 4.79. The third kappa shape index (κ3) is 5.78. The predicted octanol–water partition coefficient (Wildman–Crippen LogP) is 0.863. The lowest BCUT2D eigenvalue weighted by Gasteiger charge is -2.31. The summed E-state index contributed by atoms with van der Waals surface area (Å²) in [5, 5.41) is 6.57. The summed E-state index contributed by atoms with van der Waals surface area (Å²) >= 11 is 0. The maximum atomic E-state index is 12.6. The number of carbonyl (C=O) groups is 1. The van der Waals surface area contributed by atoms with Gasteiger partial charge in [-0.05, 0) is 12.5 Å². The lowest BCUT2D eigenvalue weighted by atomic mass is 10.0. The van der Waals surface area contributed by atoms with Gasteiger partial charge in [0.15, 0.2) is 0 Å². The van der Waals surface area contributed by atoms with E-state index in [4.69, 9.17) is 9.47 Å². The van der Waals surface area contributed by atoms with Crippen molar-refractivity contribution < 1.29 is 14.3 Å². The minimum absolute atomic E-state index is 0.00397. The number of hydrogen-bond donors (Lipinski definition) is 2. The molecule has 3 rings (SSSR count). The Balaban J connectivity index is 1.62. The summed E-state index contributed by atoms with van der Waals surface area (Å²) in [6.07, 6.45) is 0.450. The van der Waals surface area contributed by atoms with Crippen LogP contribution in [0.2, 0.25) is 0 Å². The fourth-order valence-corrected chi connectivity index (χ4v) is 3.30. The van der Waals surface area contributed by atoms with Crippen LogP contribution in [0.15, 0.2) is 24.3 Å². The number of amides is 1. The van der Waals surface area contributed by atoms with Crippen molar-refractivity contribution in [2.24, 2.45) is 0 Å². The van der Waals surface area contributed by atoms with Crippen molar-refractivity contribution in [1.29, 1.82) is 0 Å². The Kier molecular flexibility index (Phi) is 6.81.